The Morgan fingerprint density at radius 3 is 2.42 bits per heavy atom. The van der Waals surface area contributed by atoms with Gasteiger partial charge in [-0.1, -0.05) is 0 Å². The van der Waals surface area contributed by atoms with E-state index < -0.39 is 79.1 Å². The Hall–Kier alpha value is -1.80. The van der Waals surface area contributed by atoms with Crippen molar-refractivity contribution >= 4 is 11.9 Å². The van der Waals surface area contributed by atoms with E-state index >= 15 is 0 Å². The zero-order valence-corrected chi connectivity index (χ0v) is 17.3. The molecular weight excluding hydrogens is 420 g/mol. The topological polar surface area (TPSA) is 181 Å². The molecule has 0 aromatic rings. The van der Waals surface area contributed by atoms with Crippen LogP contribution in [-0.4, -0.2) is 99.9 Å². The van der Waals surface area contributed by atoms with Crippen LogP contribution in [0.5, 0.6) is 0 Å². The molecule has 5 N–H and O–H groups in total. The Balaban J connectivity index is 1.93. The van der Waals surface area contributed by atoms with Gasteiger partial charge in [-0.3, -0.25) is 4.79 Å². The number of ether oxygens (including phenoxy) is 5. The van der Waals surface area contributed by atoms with Crippen LogP contribution in [0.3, 0.4) is 0 Å². The number of hydrogen-bond acceptors (Lipinski definition) is 12. The maximum atomic E-state index is 12.2. The molecule has 2 aliphatic heterocycles. The summed E-state index contributed by atoms with van der Waals surface area (Å²) in [6, 6.07) is 0. The number of rotatable bonds is 5. The highest BCUT2D eigenvalue weighted by Gasteiger charge is 2.61. The van der Waals surface area contributed by atoms with Gasteiger partial charge in [0.2, 0.25) is 6.29 Å². The maximum absolute atomic E-state index is 12.2. The number of hydrogen-bond donors (Lipinski definition) is 5. The molecule has 1 saturated heterocycles. The molecule has 2 heterocycles. The number of aliphatic hydroxyl groups excluding tert-OH is 5. The van der Waals surface area contributed by atoms with Crippen LogP contribution in [0.4, 0.5) is 0 Å². The largest absolute Gasteiger partial charge is 0.471 e. The lowest BCUT2D eigenvalue weighted by Crippen LogP contribution is -2.61. The van der Waals surface area contributed by atoms with Gasteiger partial charge in [-0.15, -0.1) is 0 Å². The number of carbonyl (C=O) groups is 2. The first-order valence-corrected chi connectivity index (χ1v) is 9.81. The van der Waals surface area contributed by atoms with Gasteiger partial charge >= 0.3 is 11.9 Å². The molecule has 31 heavy (non-hydrogen) atoms. The van der Waals surface area contributed by atoms with Crippen LogP contribution in [0, 0.1) is 11.8 Å². The summed E-state index contributed by atoms with van der Waals surface area (Å²) in [4.78, 5) is 23.9. The van der Waals surface area contributed by atoms with Gasteiger partial charge in [0.05, 0.1) is 37.6 Å². The summed E-state index contributed by atoms with van der Waals surface area (Å²) in [6.45, 7) is 2.09. The Labute approximate surface area is 177 Å². The average Bonchev–Trinajstić information content (AvgIpc) is 2.98. The van der Waals surface area contributed by atoms with E-state index in [1.165, 1.54) is 14.0 Å². The van der Waals surface area contributed by atoms with Gasteiger partial charge in [-0.25, -0.2) is 4.79 Å². The van der Waals surface area contributed by atoms with Crippen molar-refractivity contribution in [2.24, 2.45) is 11.8 Å². The smallest absolute Gasteiger partial charge is 0.337 e. The quantitative estimate of drug-likeness (QED) is 0.280. The van der Waals surface area contributed by atoms with Crippen LogP contribution in [0.25, 0.3) is 0 Å². The summed E-state index contributed by atoms with van der Waals surface area (Å²) < 4.78 is 26.8. The van der Waals surface area contributed by atoms with Crippen LogP contribution < -0.4 is 0 Å². The summed E-state index contributed by atoms with van der Waals surface area (Å²) in [6.07, 6.45) is -9.07. The predicted molar refractivity (Wildman–Crippen MR) is 97.6 cm³/mol. The second kappa shape index (κ2) is 8.98. The lowest BCUT2D eigenvalue weighted by atomic mass is 9.80. The Kier molecular flexibility index (Phi) is 6.91. The molecule has 3 aliphatic rings. The highest BCUT2D eigenvalue weighted by Crippen LogP contribution is 2.51. The molecule has 0 bridgehead atoms. The summed E-state index contributed by atoms with van der Waals surface area (Å²) >= 11 is 0. The van der Waals surface area contributed by atoms with Gasteiger partial charge < -0.3 is 49.2 Å². The van der Waals surface area contributed by atoms with Crippen molar-refractivity contribution in [3.63, 3.8) is 0 Å². The first kappa shape index (κ1) is 23.9. The number of esters is 2. The van der Waals surface area contributed by atoms with Crippen molar-refractivity contribution in [3.8, 4) is 0 Å². The summed E-state index contributed by atoms with van der Waals surface area (Å²) in [5.41, 5.74) is -1.30. The van der Waals surface area contributed by atoms with Crippen molar-refractivity contribution in [1.82, 2.24) is 0 Å². The van der Waals surface area contributed by atoms with Gasteiger partial charge in [-0.05, 0) is 6.92 Å². The molecule has 3 rings (SSSR count). The van der Waals surface area contributed by atoms with E-state index in [4.69, 9.17) is 23.7 Å². The first-order valence-electron chi connectivity index (χ1n) is 9.81. The fraction of sp³-hybridized carbons (Fsp3) is 0.789. The number of aliphatic hydroxyl groups is 5. The molecule has 1 saturated carbocycles. The molecule has 0 unspecified atom stereocenters. The molecule has 0 aromatic heterocycles. The van der Waals surface area contributed by atoms with E-state index in [2.05, 4.69) is 0 Å². The van der Waals surface area contributed by atoms with Crippen molar-refractivity contribution < 1.29 is 58.8 Å². The third-order valence-electron chi connectivity index (χ3n) is 6.02. The highest BCUT2D eigenvalue weighted by molar-refractivity contribution is 5.89. The van der Waals surface area contributed by atoms with E-state index in [9.17, 15) is 35.1 Å². The summed E-state index contributed by atoms with van der Waals surface area (Å²) in [7, 11) is 1.17. The van der Waals surface area contributed by atoms with Crippen LogP contribution >= 0.6 is 0 Å². The molecule has 0 aromatic carbocycles. The molecular formula is C19H28O12. The fourth-order valence-corrected chi connectivity index (χ4v) is 4.63. The second-order valence-electron chi connectivity index (χ2n) is 8.13. The van der Waals surface area contributed by atoms with Crippen molar-refractivity contribution in [2.75, 3.05) is 13.7 Å². The molecule has 12 heteroatoms. The predicted octanol–water partition coefficient (Wildman–Crippen LogP) is -2.47. The molecule has 10 atom stereocenters. The van der Waals surface area contributed by atoms with Crippen molar-refractivity contribution in [2.45, 2.75) is 69.0 Å². The minimum absolute atomic E-state index is 0.0181. The van der Waals surface area contributed by atoms with Gasteiger partial charge in [-0.2, -0.15) is 0 Å². The van der Waals surface area contributed by atoms with Crippen LogP contribution in [0.2, 0.25) is 0 Å². The first-order chi connectivity index (χ1) is 14.5. The average molecular weight is 448 g/mol. The number of carbonyl (C=O) groups excluding carboxylic acids is 2. The lowest BCUT2D eigenvalue weighted by molar-refractivity contribution is -0.346. The normalized spacial score (nSPS) is 44.6. The standard InChI is InChI=1S/C19H28O12/c1-7(21)31-19(2)4-9(22)11-8(16(26)27-3)6-28-17(12(11)19)30-18-15(25)14(24)13(23)10(5-20)29-18/h6,9-15,17-18,20,22-25H,4-5H2,1-3H3/t9-,10+,11-,12-,13-,14-,15-,17+,18-,19-/m1/s1. The Morgan fingerprint density at radius 2 is 1.84 bits per heavy atom. The zero-order valence-electron chi connectivity index (χ0n) is 17.3. The minimum atomic E-state index is -1.70. The maximum Gasteiger partial charge on any atom is 0.337 e. The van der Waals surface area contributed by atoms with E-state index in [0.29, 0.717) is 0 Å². The Bertz CT molecular complexity index is 723. The van der Waals surface area contributed by atoms with Crippen molar-refractivity contribution in [1.29, 1.82) is 0 Å². The summed E-state index contributed by atoms with van der Waals surface area (Å²) in [5, 5.41) is 50.3. The van der Waals surface area contributed by atoms with Crippen LogP contribution in [-0.2, 0) is 33.3 Å². The molecule has 0 amide bonds. The molecule has 1 aliphatic carbocycles. The van der Waals surface area contributed by atoms with Crippen LogP contribution in [0.1, 0.15) is 20.3 Å². The van der Waals surface area contributed by atoms with E-state index in [1.54, 1.807) is 6.92 Å². The van der Waals surface area contributed by atoms with Gasteiger partial charge in [0.1, 0.15) is 30.0 Å². The number of methoxy groups -OCH3 is 1. The zero-order chi connectivity index (χ0) is 23.1. The second-order valence-corrected chi connectivity index (χ2v) is 8.13. The Morgan fingerprint density at radius 1 is 1.16 bits per heavy atom. The molecule has 12 nitrogen and oxygen atoms in total. The van der Waals surface area contributed by atoms with Crippen molar-refractivity contribution in [3.05, 3.63) is 11.8 Å². The van der Waals surface area contributed by atoms with E-state index in [1.807, 2.05) is 0 Å². The SMILES string of the molecule is COC(=O)C1=CO[C@@H](O[C@H]2O[C@@H](CO)[C@@H](O)[C@@H](O)[C@H]2O)[C@H]2[C@H]1[C@H](O)C[C@@]2(C)OC(C)=O. The summed E-state index contributed by atoms with van der Waals surface area (Å²) in [5.74, 6) is -3.18. The van der Waals surface area contributed by atoms with E-state index in [0.717, 1.165) is 6.26 Å². The molecule has 2 fully saturated rings. The fourth-order valence-electron chi connectivity index (χ4n) is 4.63. The molecule has 0 spiro atoms. The van der Waals surface area contributed by atoms with Gasteiger partial charge in [0, 0.05) is 19.3 Å². The highest BCUT2D eigenvalue weighted by atomic mass is 16.8. The van der Waals surface area contributed by atoms with Gasteiger partial charge in [0.15, 0.2) is 6.29 Å². The minimum Gasteiger partial charge on any atom is -0.471 e. The third-order valence-corrected chi connectivity index (χ3v) is 6.02. The monoisotopic (exact) mass is 448 g/mol. The van der Waals surface area contributed by atoms with Gasteiger partial charge in [0.25, 0.3) is 0 Å². The molecule has 176 valence electrons. The number of fused-ring (bicyclic) bond motifs is 1. The van der Waals surface area contributed by atoms with Crippen LogP contribution in [0.15, 0.2) is 11.8 Å². The third kappa shape index (κ3) is 4.29. The lowest BCUT2D eigenvalue weighted by Gasteiger charge is -2.44. The molecule has 0 radical (unpaired) electrons. The van der Waals surface area contributed by atoms with E-state index in [-0.39, 0.29) is 12.0 Å².